The van der Waals surface area contributed by atoms with Crippen LogP contribution >= 0.6 is 23.2 Å². The van der Waals surface area contributed by atoms with Crippen LogP contribution in [0.3, 0.4) is 0 Å². The molecule has 0 bridgehead atoms. The number of carbonyl (C=O) groups is 2. The quantitative estimate of drug-likeness (QED) is 0.692. The van der Waals surface area contributed by atoms with Crippen LogP contribution < -0.4 is 5.32 Å². The van der Waals surface area contributed by atoms with Crippen LogP contribution in [0, 0.1) is 5.82 Å². The number of likely N-dealkylation sites (tertiary alicyclic amines) is 1. The maximum Gasteiger partial charge on any atom is 0.318 e. The Kier molecular flexibility index (Phi) is 7.21. The number of carbonyl (C=O) groups excluding carboxylic acids is 2. The lowest BCUT2D eigenvalue weighted by Gasteiger charge is -2.29. The Balaban J connectivity index is 1.64. The lowest BCUT2D eigenvalue weighted by atomic mass is 10.1. The van der Waals surface area contributed by atoms with Crippen molar-refractivity contribution in [3.63, 3.8) is 0 Å². The molecule has 2 aromatic carbocycles. The predicted octanol–water partition coefficient (Wildman–Crippen LogP) is 5.03. The summed E-state index contributed by atoms with van der Waals surface area (Å²) in [5.41, 5.74) is 1.30. The van der Waals surface area contributed by atoms with Crippen LogP contribution in [-0.2, 0) is 11.3 Å². The first-order chi connectivity index (χ1) is 14.3. The standard InChI is InChI=1S/C22H24Cl2FN3O2/c1-14(18-10-9-17(24)12-19(18)25)26-22(30)28-11-3-4-20(28)21(29)27(2)13-15-5-7-16(23)8-6-15/h5-10,12,14,20H,3-4,11,13H2,1-2H3,(H,26,30)/t14-,20+/m0/s1. The van der Waals surface area contributed by atoms with Crippen LogP contribution in [0.4, 0.5) is 9.18 Å². The fourth-order valence-corrected chi connectivity index (χ4v) is 3.95. The molecule has 0 unspecified atom stereocenters. The van der Waals surface area contributed by atoms with E-state index in [-0.39, 0.29) is 11.9 Å². The van der Waals surface area contributed by atoms with Gasteiger partial charge in [-0.15, -0.1) is 0 Å². The van der Waals surface area contributed by atoms with Crippen LogP contribution in [-0.4, -0.2) is 41.4 Å². The van der Waals surface area contributed by atoms with Gasteiger partial charge in [-0.25, -0.2) is 9.18 Å². The largest absolute Gasteiger partial charge is 0.340 e. The van der Waals surface area contributed by atoms with E-state index in [9.17, 15) is 14.0 Å². The van der Waals surface area contributed by atoms with E-state index in [4.69, 9.17) is 23.2 Å². The highest BCUT2D eigenvalue weighted by Crippen LogP contribution is 2.24. The van der Waals surface area contributed by atoms with Gasteiger partial charge in [0.25, 0.3) is 0 Å². The van der Waals surface area contributed by atoms with Crippen LogP contribution in [0.2, 0.25) is 10.0 Å². The molecule has 1 saturated heterocycles. The Morgan fingerprint density at radius 3 is 2.53 bits per heavy atom. The SMILES string of the molecule is C[C@H](NC(=O)N1CCC[C@@H]1C(=O)N(C)Cc1ccc(Cl)cc1)c1ccc(Cl)cc1F. The Labute approximate surface area is 185 Å². The number of benzene rings is 2. The van der Waals surface area contributed by atoms with Gasteiger partial charge in [0.2, 0.25) is 5.91 Å². The molecule has 30 heavy (non-hydrogen) atoms. The van der Waals surface area contributed by atoms with Crippen molar-refractivity contribution in [2.24, 2.45) is 0 Å². The third kappa shape index (κ3) is 5.24. The monoisotopic (exact) mass is 451 g/mol. The number of nitrogens with zero attached hydrogens (tertiary/aromatic N) is 2. The summed E-state index contributed by atoms with van der Waals surface area (Å²) in [6, 6.07) is 10.2. The maximum atomic E-state index is 14.2. The summed E-state index contributed by atoms with van der Waals surface area (Å²) in [6.45, 7) is 2.60. The van der Waals surface area contributed by atoms with Crippen molar-refractivity contribution in [1.82, 2.24) is 15.1 Å². The number of hydrogen-bond donors (Lipinski definition) is 1. The Bertz CT molecular complexity index is 923. The molecule has 0 aromatic heterocycles. The van der Waals surface area contributed by atoms with E-state index in [0.717, 1.165) is 12.0 Å². The topological polar surface area (TPSA) is 52.7 Å². The molecule has 0 radical (unpaired) electrons. The third-order valence-electron chi connectivity index (χ3n) is 5.28. The van der Waals surface area contributed by atoms with Crippen molar-refractivity contribution in [1.29, 1.82) is 0 Å². The minimum Gasteiger partial charge on any atom is -0.340 e. The third-order valence-corrected chi connectivity index (χ3v) is 5.76. The van der Waals surface area contributed by atoms with E-state index in [1.165, 1.54) is 11.0 Å². The summed E-state index contributed by atoms with van der Waals surface area (Å²) in [5, 5.41) is 3.73. The summed E-state index contributed by atoms with van der Waals surface area (Å²) in [6.07, 6.45) is 1.34. The van der Waals surface area contributed by atoms with E-state index in [1.54, 1.807) is 43.1 Å². The van der Waals surface area contributed by atoms with Crippen molar-refractivity contribution < 1.29 is 14.0 Å². The molecule has 1 aliphatic heterocycles. The molecular formula is C22H24Cl2FN3O2. The van der Waals surface area contributed by atoms with E-state index in [0.29, 0.717) is 35.1 Å². The Hall–Kier alpha value is -2.31. The van der Waals surface area contributed by atoms with Gasteiger partial charge in [0.15, 0.2) is 0 Å². The number of likely N-dealkylation sites (N-methyl/N-ethyl adjacent to an activating group) is 1. The highest BCUT2D eigenvalue weighted by molar-refractivity contribution is 6.30. The zero-order valence-electron chi connectivity index (χ0n) is 16.9. The molecule has 3 rings (SSSR count). The van der Waals surface area contributed by atoms with Crippen LogP contribution in [0.25, 0.3) is 0 Å². The van der Waals surface area contributed by atoms with Gasteiger partial charge in [0.05, 0.1) is 6.04 Å². The maximum absolute atomic E-state index is 14.2. The molecule has 1 heterocycles. The van der Waals surface area contributed by atoms with Crippen molar-refractivity contribution in [2.75, 3.05) is 13.6 Å². The van der Waals surface area contributed by atoms with Crippen LogP contribution in [0.1, 0.15) is 36.9 Å². The van der Waals surface area contributed by atoms with Gasteiger partial charge in [-0.1, -0.05) is 41.4 Å². The van der Waals surface area contributed by atoms with Gasteiger partial charge in [0, 0.05) is 35.7 Å². The molecule has 1 N–H and O–H groups in total. The number of nitrogens with one attached hydrogen (secondary N) is 1. The highest BCUT2D eigenvalue weighted by Gasteiger charge is 2.36. The number of hydrogen-bond acceptors (Lipinski definition) is 2. The van der Waals surface area contributed by atoms with Crippen molar-refractivity contribution >= 4 is 35.1 Å². The van der Waals surface area contributed by atoms with Gasteiger partial charge in [-0.3, -0.25) is 4.79 Å². The first-order valence-electron chi connectivity index (χ1n) is 9.77. The predicted molar refractivity (Wildman–Crippen MR) is 116 cm³/mol. The molecule has 160 valence electrons. The zero-order valence-corrected chi connectivity index (χ0v) is 18.4. The summed E-state index contributed by atoms with van der Waals surface area (Å²) in [7, 11) is 1.72. The smallest absolute Gasteiger partial charge is 0.318 e. The molecule has 0 aliphatic carbocycles. The lowest BCUT2D eigenvalue weighted by Crippen LogP contribution is -2.50. The minimum absolute atomic E-state index is 0.122. The first kappa shape index (κ1) is 22.4. The van der Waals surface area contributed by atoms with E-state index in [2.05, 4.69) is 5.32 Å². The van der Waals surface area contributed by atoms with E-state index < -0.39 is 17.9 Å². The van der Waals surface area contributed by atoms with Gasteiger partial charge in [0.1, 0.15) is 11.9 Å². The molecular weight excluding hydrogens is 428 g/mol. The molecule has 5 nitrogen and oxygen atoms in total. The fourth-order valence-electron chi connectivity index (χ4n) is 3.66. The zero-order chi connectivity index (χ0) is 21.8. The van der Waals surface area contributed by atoms with Gasteiger partial charge in [-0.2, -0.15) is 0 Å². The lowest BCUT2D eigenvalue weighted by molar-refractivity contribution is -0.134. The molecule has 2 atom stereocenters. The Morgan fingerprint density at radius 2 is 1.87 bits per heavy atom. The molecule has 1 aliphatic rings. The second kappa shape index (κ2) is 9.67. The normalized spacial score (nSPS) is 17.0. The van der Waals surface area contributed by atoms with Gasteiger partial charge < -0.3 is 15.1 Å². The summed E-state index contributed by atoms with van der Waals surface area (Å²) >= 11 is 11.7. The molecule has 0 saturated carbocycles. The molecule has 1 fully saturated rings. The minimum atomic E-state index is -0.557. The summed E-state index contributed by atoms with van der Waals surface area (Å²) in [4.78, 5) is 28.9. The Morgan fingerprint density at radius 1 is 1.20 bits per heavy atom. The molecule has 3 amide bonds. The number of rotatable bonds is 5. The second-order valence-electron chi connectivity index (χ2n) is 7.51. The van der Waals surface area contributed by atoms with Crippen molar-refractivity contribution in [3.05, 3.63) is 69.5 Å². The summed E-state index contributed by atoms with van der Waals surface area (Å²) in [5.74, 6) is -0.602. The average Bonchev–Trinajstić information content (AvgIpc) is 3.19. The van der Waals surface area contributed by atoms with Crippen LogP contribution in [0.15, 0.2) is 42.5 Å². The van der Waals surface area contributed by atoms with Crippen molar-refractivity contribution in [3.8, 4) is 0 Å². The van der Waals surface area contributed by atoms with E-state index in [1.807, 2.05) is 12.1 Å². The summed E-state index contributed by atoms with van der Waals surface area (Å²) < 4.78 is 14.2. The van der Waals surface area contributed by atoms with Gasteiger partial charge in [-0.05, 0) is 49.6 Å². The number of urea groups is 1. The van der Waals surface area contributed by atoms with Gasteiger partial charge >= 0.3 is 6.03 Å². The average molecular weight is 452 g/mol. The van der Waals surface area contributed by atoms with Crippen LogP contribution in [0.5, 0.6) is 0 Å². The molecule has 0 spiro atoms. The number of halogens is 3. The highest BCUT2D eigenvalue weighted by atomic mass is 35.5. The number of amides is 3. The second-order valence-corrected chi connectivity index (χ2v) is 8.38. The molecule has 8 heteroatoms. The van der Waals surface area contributed by atoms with E-state index >= 15 is 0 Å². The van der Waals surface area contributed by atoms with Crippen molar-refractivity contribution in [2.45, 2.75) is 38.4 Å². The fraction of sp³-hybridized carbons (Fsp3) is 0.364. The first-order valence-corrected chi connectivity index (χ1v) is 10.5. The molecule has 2 aromatic rings.